The molecular weight excluding hydrogens is 566 g/mol. The number of carboxylic acids is 1. The van der Waals surface area contributed by atoms with Crippen molar-refractivity contribution in [3.05, 3.63) is 102 Å². The number of nitrogens with two attached hydrogens (primary N) is 1. The van der Waals surface area contributed by atoms with Gasteiger partial charge in [-0.1, -0.05) is 72.8 Å². The monoisotopic (exact) mass is 603 g/mol. The Kier molecular flexibility index (Phi) is 12.4. The molecule has 0 aromatic heterocycles. The van der Waals surface area contributed by atoms with Crippen molar-refractivity contribution >= 4 is 29.6 Å². The average Bonchev–Trinajstić information content (AvgIpc) is 3.01. The molecule has 0 spiro atoms. The third-order valence-electron chi connectivity index (χ3n) is 6.73. The number of carbonyl (C=O) groups is 5. The van der Waals surface area contributed by atoms with Gasteiger partial charge in [0.2, 0.25) is 23.6 Å². The lowest BCUT2D eigenvalue weighted by molar-refractivity contribution is -0.138. The lowest BCUT2D eigenvalue weighted by Crippen LogP contribution is -2.58. The number of phenols is 1. The van der Waals surface area contributed by atoms with Crippen LogP contribution in [-0.4, -0.2) is 70.5 Å². The van der Waals surface area contributed by atoms with E-state index in [2.05, 4.69) is 21.3 Å². The van der Waals surface area contributed by atoms with E-state index in [0.29, 0.717) is 11.1 Å². The molecule has 0 unspecified atom stereocenters. The van der Waals surface area contributed by atoms with Crippen molar-refractivity contribution < 1.29 is 34.2 Å². The number of phenolic OH excluding ortho intramolecular Hbond substituents is 1. The molecule has 0 radical (unpaired) electrons. The Hall–Kier alpha value is -5.23. The zero-order valence-electron chi connectivity index (χ0n) is 24.2. The Balaban J connectivity index is 1.74. The maximum atomic E-state index is 13.6. The maximum Gasteiger partial charge on any atom is 0.322 e. The van der Waals surface area contributed by atoms with E-state index in [1.165, 1.54) is 19.1 Å². The smallest absolute Gasteiger partial charge is 0.322 e. The fraction of sp³-hybridized carbons (Fsp3) is 0.281. The summed E-state index contributed by atoms with van der Waals surface area (Å²) in [6.45, 7) is 0.812. The van der Waals surface area contributed by atoms with Crippen LogP contribution in [0.25, 0.3) is 0 Å². The standard InChI is InChI=1S/C32H37N5O7/c1-20(35-30(42)25(33)16-21-8-4-2-5-9-21)29(41)36-27(18-23-12-14-24(38)15-13-23)32(44)37-26(31(43)34-19-28(39)40)17-22-10-6-3-7-11-22/h2-15,20,25-27,38H,16-19,33H2,1H3,(H,34,43)(H,35,42)(H,36,41)(H,37,44)(H,39,40)/t20-,25-,26-,27-/m1/s1. The lowest BCUT2D eigenvalue weighted by Gasteiger charge is -2.25. The maximum absolute atomic E-state index is 13.6. The molecule has 3 aromatic carbocycles. The van der Waals surface area contributed by atoms with Gasteiger partial charge in [0.15, 0.2) is 0 Å². The minimum Gasteiger partial charge on any atom is -0.508 e. The Morgan fingerprint density at radius 3 is 1.66 bits per heavy atom. The number of aromatic hydroxyl groups is 1. The third kappa shape index (κ3) is 10.9. The molecule has 0 aliphatic heterocycles. The van der Waals surface area contributed by atoms with Crippen molar-refractivity contribution in [2.45, 2.75) is 50.4 Å². The number of amides is 4. The predicted molar refractivity (Wildman–Crippen MR) is 162 cm³/mol. The van der Waals surface area contributed by atoms with Gasteiger partial charge in [0.25, 0.3) is 0 Å². The molecule has 4 atom stereocenters. The number of rotatable bonds is 15. The molecule has 0 bridgehead atoms. The van der Waals surface area contributed by atoms with Crippen LogP contribution in [0.3, 0.4) is 0 Å². The summed E-state index contributed by atoms with van der Waals surface area (Å²) >= 11 is 0. The highest BCUT2D eigenvalue weighted by Gasteiger charge is 2.29. The topological polar surface area (TPSA) is 200 Å². The van der Waals surface area contributed by atoms with Crippen molar-refractivity contribution in [3.8, 4) is 5.75 Å². The predicted octanol–water partition coefficient (Wildman–Crippen LogP) is 0.423. The first kappa shape index (κ1) is 33.3. The fourth-order valence-corrected chi connectivity index (χ4v) is 4.34. The van der Waals surface area contributed by atoms with Gasteiger partial charge in [-0.25, -0.2) is 0 Å². The summed E-state index contributed by atoms with van der Waals surface area (Å²) in [7, 11) is 0. The van der Waals surface area contributed by atoms with E-state index in [0.717, 1.165) is 5.56 Å². The second kappa shape index (κ2) is 16.4. The van der Waals surface area contributed by atoms with Gasteiger partial charge >= 0.3 is 5.97 Å². The van der Waals surface area contributed by atoms with Crippen molar-refractivity contribution in [1.82, 2.24) is 21.3 Å². The van der Waals surface area contributed by atoms with Crippen molar-refractivity contribution in [2.75, 3.05) is 6.54 Å². The van der Waals surface area contributed by atoms with Crippen LogP contribution in [0.4, 0.5) is 0 Å². The number of carbonyl (C=O) groups excluding carboxylic acids is 4. The van der Waals surface area contributed by atoms with Gasteiger partial charge < -0.3 is 37.2 Å². The normalized spacial score (nSPS) is 13.4. The molecular formula is C32H37N5O7. The van der Waals surface area contributed by atoms with Gasteiger partial charge in [0.05, 0.1) is 6.04 Å². The fourth-order valence-electron chi connectivity index (χ4n) is 4.34. The summed E-state index contributed by atoms with van der Waals surface area (Å²) in [5, 5.41) is 28.8. The average molecular weight is 604 g/mol. The van der Waals surface area contributed by atoms with Gasteiger partial charge in [0.1, 0.15) is 30.4 Å². The first-order valence-corrected chi connectivity index (χ1v) is 14.0. The van der Waals surface area contributed by atoms with Crippen molar-refractivity contribution in [2.24, 2.45) is 5.73 Å². The van der Waals surface area contributed by atoms with E-state index in [-0.39, 0.29) is 25.0 Å². The van der Waals surface area contributed by atoms with E-state index >= 15 is 0 Å². The molecule has 0 fully saturated rings. The second-order valence-corrected chi connectivity index (χ2v) is 10.3. The molecule has 12 nitrogen and oxygen atoms in total. The van der Waals surface area contributed by atoms with Crippen LogP contribution in [0.2, 0.25) is 0 Å². The van der Waals surface area contributed by atoms with Crippen LogP contribution in [-0.2, 0) is 43.2 Å². The molecule has 12 heteroatoms. The van der Waals surface area contributed by atoms with Crippen LogP contribution in [0.5, 0.6) is 5.75 Å². The highest BCUT2D eigenvalue weighted by Crippen LogP contribution is 2.12. The molecule has 0 heterocycles. The summed E-state index contributed by atoms with van der Waals surface area (Å²) in [6, 6.07) is 19.7. The molecule has 8 N–H and O–H groups in total. The number of aliphatic carboxylic acids is 1. The molecule has 0 aliphatic rings. The molecule has 44 heavy (non-hydrogen) atoms. The van der Waals surface area contributed by atoms with Crippen molar-refractivity contribution in [3.63, 3.8) is 0 Å². The minimum atomic E-state index is -1.25. The quantitative estimate of drug-likeness (QED) is 0.130. The molecule has 3 rings (SSSR count). The first-order valence-electron chi connectivity index (χ1n) is 14.0. The van der Waals surface area contributed by atoms with Crippen LogP contribution in [0.15, 0.2) is 84.9 Å². The number of benzene rings is 3. The summed E-state index contributed by atoms with van der Waals surface area (Å²) in [4.78, 5) is 63.4. The third-order valence-corrected chi connectivity index (χ3v) is 6.73. The Morgan fingerprint density at radius 1 is 0.636 bits per heavy atom. The number of hydrogen-bond donors (Lipinski definition) is 7. The summed E-state index contributed by atoms with van der Waals surface area (Å²) in [5.41, 5.74) is 8.22. The van der Waals surface area contributed by atoms with Gasteiger partial charge in [-0.2, -0.15) is 0 Å². The van der Waals surface area contributed by atoms with E-state index in [9.17, 15) is 29.1 Å². The van der Waals surface area contributed by atoms with Crippen LogP contribution >= 0.6 is 0 Å². The first-order chi connectivity index (χ1) is 21.0. The zero-order chi connectivity index (χ0) is 32.1. The Morgan fingerprint density at radius 2 is 1.11 bits per heavy atom. The largest absolute Gasteiger partial charge is 0.508 e. The SMILES string of the molecule is C[C@@H](NC(=O)[C@H](N)Cc1ccccc1)C(=O)N[C@H](Cc1ccc(O)cc1)C(=O)N[C@H](Cc1ccccc1)C(=O)NCC(=O)O. The van der Waals surface area contributed by atoms with Gasteiger partial charge in [-0.15, -0.1) is 0 Å². The molecule has 4 amide bonds. The lowest BCUT2D eigenvalue weighted by atomic mass is 10.0. The van der Waals surface area contributed by atoms with E-state index in [4.69, 9.17) is 10.8 Å². The Labute approximate surface area is 255 Å². The minimum absolute atomic E-state index is 0.0131. The van der Waals surface area contributed by atoms with E-state index in [1.54, 1.807) is 42.5 Å². The summed E-state index contributed by atoms with van der Waals surface area (Å²) < 4.78 is 0. The van der Waals surface area contributed by atoms with E-state index in [1.807, 2.05) is 30.3 Å². The molecule has 0 saturated heterocycles. The molecule has 0 saturated carbocycles. The molecule has 3 aromatic rings. The van der Waals surface area contributed by atoms with Crippen LogP contribution < -0.4 is 27.0 Å². The van der Waals surface area contributed by atoms with Crippen LogP contribution in [0.1, 0.15) is 23.6 Å². The summed E-state index contributed by atoms with van der Waals surface area (Å²) in [5.74, 6) is -3.88. The van der Waals surface area contributed by atoms with E-state index < -0.39 is 60.3 Å². The van der Waals surface area contributed by atoms with Gasteiger partial charge in [0, 0.05) is 12.8 Å². The molecule has 0 aliphatic carbocycles. The van der Waals surface area contributed by atoms with Gasteiger partial charge in [-0.3, -0.25) is 24.0 Å². The Bertz CT molecular complexity index is 1420. The summed E-state index contributed by atoms with van der Waals surface area (Å²) in [6.07, 6.45) is 0.310. The van der Waals surface area contributed by atoms with Crippen molar-refractivity contribution in [1.29, 1.82) is 0 Å². The zero-order valence-corrected chi connectivity index (χ0v) is 24.2. The highest BCUT2D eigenvalue weighted by atomic mass is 16.4. The van der Waals surface area contributed by atoms with Gasteiger partial charge in [-0.05, 0) is 42.2 Å². The second-order valence-electron chi connectivity index (χ2n) is 10.3. The molecule has 232 valence electrons. The number of nitrogens with one attached hydrogen (secondary N) is 4. The highest BCUT2D eigenvalue weighted by molar-refractivity contribution is 5.95. The van der Waals surface area contributed by atoms with Crippen LogP contribution in [0, 0.1) is 0 Å². The number of carboxylic acid groups (broad SMARTS) is 1. The number of hydrogen-bond acceptors (Lipinski definition) is 7.